The smallest absolute Gasteiger partial charge is 0.0337 e. The standard InChI is InChI=1S/C11H18N2/c1-3-8-7-11-9(5-6-12-11)10(4-2)13-8/h5-6,8,10,12-13H,3-4,7H2,1-2H3/t8-,10+/m1/s1. The Hall–Kier alpha value is -0.760. The topological polar surface area (TPSA) is 27.8 Å². The molecule has 0 spiro atoms. The molecule has 2 nitrogen and oxygen atoms in total. The van der Waals surface area contributed by atoms with Gasteiger partial charge in [0.2, 0.25) is 0 Å². The fourth-order valence-corrected chi connectivity index (χ4v) is 2.20. The third kappa shape index (κ3) is 1.51. The Morgan fingerprint density at radius 2 is 2.23 bits per heavy atom. The van der Waals surface area contributed by atoms with Gasteiger partial charge in [0.25, 0.3) is 0 Å². The molecule has 1 aliphatic rings. The monoisotopic (exact) mass is 178 g/mol. The predicted octanol–water partition coefficient (Wildman–Crippen LogP) is 2.39. The van der Waals surface area contributed by atoms with E-state index >= 15 is 0 Å². The van der Waals surface area contributed by atoms with E-state index in [4.69, 9.17) is 0 Å². The summed E-state index contributed by atoms with van der Waals surface area (Å²) in [5.41, 5.74) is 2.92. The van der Waals surface area contributed by atoms with Gasteiger partial charge in [0.15, 0.2) is 0 Å². The summed E-state index contributed by atoms with van der Waals surface area (Å²) in [6.07, 6.45) is 5.62. The van der Waals surface area contributed by atoms with Crippen molar-refractivity contribution in [3.05, 3.63) is 23.5 Å². The summed E-state index contributed by atoms with van der Waals surface area (Å²) in [5, 5.41) is 3.68. The van der Waals surface area contributed by atoms with Gasteiger partial charge in [0.05, 0.1) is 0 Å². The molecule has 1 aromatic rings. The summed E-state index contributed by atoms with van der Waals surface area (Å²) in [5.74, 6) is 0. The molecule has 1 aliphatic heterocycles. The first-order valence-corrected chi connectivity index (χ1v) is 5.27. The quantitative estimate of drug-likeness (QED) is 0.715. The molecule has 2 N–H and O–H groups in total. The molecular weight excluding hydrogens is 160 g/mol. The largest absolute Gasteiger partial charge is 0.365 e. The molecule has 0 unspecified atom stereocenters. The van der Waals surface area contributed by atoms with E-state index in [-0.39, 0.29) is 0 Å². The van der Waals surface area contributed by atoms with Crippen molar-refractivity contribution in [1.29, 1.82) is 0 Å². The predicted molar refractivity (Wildman–Crippen MR) is 54.7 cm³/mol. The number of hydrogen-bond donors (Lipinski definition) is 2. The highest BCUT2D eigenvalue weighted by atomic mass is 15.0. The normalized spacial score (nSPS) is 27.2. The van der Waals surface area contributed by atoms with Gasteiger partial charge in [-0.1, -0.05) is 13.8 Å². The van der Waals surface area contributed by atoms with Crippen LogP contribution in [-0.2, 0) is 6.42 Å². The van der Waals surface area contributed by atoms with Crippen LogP contribution in [0.3, 0.4) is 0 Å². The van der Waals surface area contributed by atoms with Crippen LogP contribution in [0.25, 0.3) is 0 Å². The highest BCUT2D eigenvalue weighted by Crippen LogP contribution is 2.27. The Bertz CT molecular complexity index is 277. The minimum atomic E-state index is 0.569. The Balaban J connectivity index is 2.25. The zero-order valence-corrected chi connectivity index (χ0v) is 8.43. The van der Waals surface area contributed by atoms with Crippen molar-refractivity contribution in [2.24, 2.45) is 0 Å². The van der Waals surface area contributed by atoms with Gasteiger partial charge in [-0.3, -0.25) is 0 Å². The second-order valence-corrected chi connectivity index (χ2v) is 3.85. The highest BCUT2D eigenvalue weighted by Gasteiger charge is 2.24. The Kier molecular flexibility index (Phi) is 2.40. The summed E-state index contributed by atoms with van der Waals surface area (Å²) in [4.78, 5) is 3.35. The third-order valence-electron chi connectivity index (χ3n) is 3.03. The maximum atomic E-state index is 3.68. The maximum absolute atomic E-state index is 3.68. The van der Waals surface area contributed by atoms with Crippen LogP contribution >= 0.6 is 0 Å². The lowest BCUT2D eigenvalue weighted by Gasteiger charge is -2.30. The van der Waals surface area contributed by atoms with Crippen LogP contribution in [0.2, 0.25) is 0 Å². The molecule has 0 saturated carbocycles. The Labute approximate surface area is 79.7 Å². The number of H-pyrrole nitrogens is 1. The number of nitrogens with one attached hydrogen (secondary N) is 2. The minimum absolute atomic E-state index is 0.569. The zero-order chi connectivity index (χ0) is 9.26. The Morgan fingerprint density at radius 1 is 1.38 bits per heavy atom. The SMILES string of the molecule is CC[C@@H]1Cc2[nH]ccc2[C@H](CC)N1. The summed E-state index contributed by atoms with van der Waals surface area (Å²) < 4.78 is 0. The first kappa shape index (κ1) is 8.82. The summed E-state index contributed by atoms with van der Waals surface area (Å²) >= 11 is 0. The van der Waals surface area contributed by atoms with Crippen LogP contribution in [-0.4, -0.2) is 11.0 Å². The van der Waals surface area contributed by atoms with E-state index < -0.39 is 0 Å². The fourth-order valence-electron chi connectivity index (χ4n) is 2.20. The van der Waals surface area contributed by atoms with Crippen LogP contribution in [0.4, 0.5) is 0 Å². The van der Waals surface area contributed by atoms with Crippen LogP contribution in [0, 0.1) is 0 Å². The Morgan fingerprint density at radius 3 is 2.92 bits per heavy atom. The van der Waals surface area contributed by atoms with Gasteiger partial charge in [-0.05, 0) is 24.5 Å². The van der Waals surface area contributed by atoms with Gasteiger partial charge < -0.3 is 10.3 Å². The van der Waals surface area contributed by atoms with E-state index in [9.17, 15) is 0 Å². The molecule has 0 aromatic carbocycles. The van der Waals surface area contributed by atoms with Gasteiger partial charge >= 0.3 is 0 Å². The van der Waals surface area contributed by atoms with Gasteiger partial charge in [-0.15, -0.1) is 0 Å². The first-order chi connectivity index (χ1) is 6.35. The molecule has 0 fully saturated rings. The van der Waals surface area contributed by atoms with E-state index in [2.05, 4.69) is 36.4 Å². The highest BCUT2D eigenvalue weighted by molar-refractivity contribution is 5.28. The summed E-state index contributed by atoms with van der Waals surface area (Å²) in [6, 6.07) is 3.44. The van der Waals surface area contributed by atoms with Crippen molar-refractivity contribution in [2.45, 2.75) is 45.2 Å². The zero-order valence-electron chi connectivity index (χ0n) is 8.43. The average molecular weight is 178 g/mol. The fraction of sp³-hybridized carbons (Fsp3) is 0.636. The molecule has 1 aromatic heterocycles. The summed E-state index contributed by atoms with van der Waals surface area (Å²) in [7, 11) is 0. The number of aromatic amines is 1. The lowest BCUT2D eigenvalue weighted by Crippen LogP contribution is -2.38. The molecule has 0 aliphatic carbocycles. The van der Waals surface area contributed by atoms with Crippen molar-refractivity contribution < 1.29 is 0 Å². The minimum Gasteiger partial charge on any atom is -0.365 e. The van der Waals surface area contributed by atoms with Gasteiger partial charge in [0, 0.05) is 30.4 Å². The van der Waals surface area contributed by atoms with Crippen LogP contribution in [0.5, 0.6) is 0 Å². The van der Waals surface area contributed by atoms with Crippen molar-refractivity contribution in [2.75, 3.05) is 0 Å². The number of aromatic nitrogens is 1. The van der Waals surface area contributed by atoms with Crippen molar-refractivity contribution in [3.8, 4) is 0 Å². The maximum Gasteiger partial charge on any atom is 0.0337 e. The molecule has 2 heterocycles. The van der Waals surface area contributed by atoms with Crippen molar-refractivity contribution in [3.63, 3.8) is 0 Å². The van der Waals surface area contributed by atoms with Crippen molar-refractivity contribution >= 4 is 0 Å². The molecule has 72 valence electrons. The van der Waals surface area contributed by atoms with Crippen molar-refractivity contribution in [1.82, 2.24) is 10.3 Å². The molecule has 2 rings (SSSR count). The molecule has 2 heteroatoms. The average Bonchev–Trinajstić information content (AvgIpc) is 2.63. The second-order valence-electron chi connectivity index (χ2n) is 3.85. The number of rotatable bonds is 2. The van der Waals surface area contributed by atoms with Gasteiger partial charge in [0.1, 0.15) is 0 Å². The number of fused-ring (bicyclic) bond motifs is 1. The first-order valence-electron chi connectivity index (χ1n) is 5.27. The van der Waals surface area contributed by atoms with Gasteiger partial charge in [-0.25, -0.2) is 0 Å². The molecule has 0 saturated heterocycles. The van der Waals surface area contributed by atoms with Crippen LogP contribution in [0.15, 0.2) is 12.3 Å². The van der Waals surface area contributed by atoms with Crippen LogP contribution in [0.1, 0.15) is 44.0 Å². The molecule has 0 bridgehead atoms. The van der Waals surface area contributed by atoms with Gasteiger partial charge in [-0.2, -0.15) is 0 Å². The molecule has 2 atom stereocenters. The number of hydrogen-bond acceptors (Lipinski definition) is 1. The molecular formula is C11H18N2. The van der Waals surface area contributed by atoms with E-state index in [0.717, 1.165) is 6.42 Å². The second kappa shape index (κ2) is 3.54. The van der Waals surface area contributed by atoms with E-state index in [1.807, 2.05) is 0 Å². The molecule has 0 amide bonds. The van der Waals surface area contributed by atoms with E-state index in [1.165, 1.54) is 24.1 Å². The lowest BCUT2D eigenvalue weighted by molar-refractivity contribution is 0.384. The summed E-state index contributed by atoms with van der Waals surface area (Å²) in [6.45, 7) is 4.49. The molecule has 0 radical (unpaired) electrons. The van der Waals surface area contributed by atoms with E-state index in [1.54, 1.807) is 0 Å². The molecule has 13 heavy (non-hydrogen) atoms. The third-order valence-corrected chi connectivity index (χ3v) is 3.03. The van der Waals surface area contributed by atoms with Crippen LogP contribution < -0.4 is 5.32 Å². The van der Waals surface area contributed by atoms with E-state index in [0.29, 0.717) is 12.1 Å². The lowest BCUT2D eigenvalue weighted by atomic mass is 9.93.